The first-order valence-corrected chi connectivity index (χ1v) is 5.69. The summed E-state index contributed by atoms with van der Waals surface area (Å²) in [4.78, 5) is 0. The molecule has 0 spiro atoms. The van der Waals surface area contributed by atoms with Crippen LogP contribution in [0.25, 0.3) is 0 Å². The summed E-state index contributed by atoms with van der Waals surface area (Å²) in [6.45, 7) is 4.61. The summed E-state index contributed by atoms with van der Waals surface area (Å²) in [5.41, 5.74) is 0. The SMILES string of the molecule is CC(C)S(=O)(=O)N1CC=CCC1. The van der Waals surface area contributed by atoms with Crippen molar-refractivity contribution in [2.24, 2.45) is 0 Å². The number of sulfonamides is 1. The zero-order valence-electron chi connectivity index (χ0n) is 7.53. The molecule has 3 nitrogen and oxygen atoms in total. The van der Waals surface area contributed by atoms with Crippen molar-refractivity contribution in [3.63, 3.8) is 0 Å². The minimum Gasteiger partial charge on any atom is -0.212 e. The van der Waals surface area contributed by atoms with Crippen LogP contribution in [0.15, 0.2) is 12.2 Å². The van der Waals surface area contributed by atoms with E-state index in [0.29, 0.717) is 13.1 Å². The van der Waals surface area contributed by atoms with Crippen LogP contribution in [-0.4, -0.2) is 31.1 Å². The van der Waals surface area contributed by atoms with E-state index in [1.165, 1.54) is 4.31 Å². The van der Waals surface area contributed by atoms with Crippen LogP contribution in [0.2, 0.25) is 0 Å². The van der Waals surface area contributed by atoms with E-state index in [-0.39, 0.29) is 5.25 Å². The average molecular weight is 189 g/mol. The second-order valence-electron chi connectivity index (χ2n) is 3.21. The van der Waals surface area contributed by atoms with Gasteiger partial charge in [0.2, 0.25) is 10.0 Å². The Balaban J connectivity index is 2.76. The summed E-state index contributed by atoms with van der Waals surface area (Å²) in [6.07, 6.45) is 4.77. The molecule has 0 radical (unpaired) electrons. The summed E-state index contributed by atoms with van der Waals surface area (Å²) in [5, 5.41) is -0.302. The third-order valence-corrected chi connectivity index (χ3v) is 4.22. The second kappa shape index (κ2) is 3.58. The highest BCUT2D eigenvalue weighted by Crippen LogP contribution is 2.12. The molecule has 0 aromatic carbocycles. The summed E-state index contributed by atoms with van der Waals surface area (Å²) in [6, 6.07) is 0. The lowest BCUT2D eigenvalue weighted by molar-refractivity contribution is 0.432. The Labute approximate surface area is 74.1 Å². The summed E-state index contributed by atoms with van der Waals surface area (Å²) >= 11 is 0. The van der Waals surface area contributed by atoms with Gasteiger partial charge in [-0.25, -0.2) is 8.42 Å². The topological polar surface area (TPSA) is 37.4 Å². The Kier molecular flexibility index (Phi) is 2.90. The van der Waals surface area contributed by atoms with Crippen LogP contribution in [-0.2, 0) is 10.0 Å². The summed E-state index contributed by atoms with van der Waals surface area (Å²) < 4.78 is 24.7. The maximum atomic E-state index is 11.6. The van der Waals surface area contributed by atoms with E-state index in [1.54, 1.807) is 13.8 Å². The van der Waals surface area contributed by atoms with Gasteiger partial charge in [-0.15, -0.1) is 0 Å². The first kappa shape index (κ1) is 9.74. The molecule has 1 aliphatic rings. The Morgan fingerprint density at radius 1 is 1.33 bits per heavy atom. The molecule has 0 aliphatic carbocycles. The van der Waals surface area contributed by atoms with E-state index >= 15 is 0 Å². The van der Waals surface area contributed by atoms with Crippen molar-refractivity contribution in [3.8, 4) is 0 Å². The summed E-state index contributed by atoms with van der Waals surface area (Å²) in [7, 11) is -3.02. The fraction of sp³-hybridized carbons (Fsp3) is 0.750. The molecule has 0 atom stereocenters. The van der Waals surface area contributed by atoms with Crippen molar-refractivity contribution in [2.75, 3.05) is 13.1 Å². The molecule has 1 heterocycles. The predicted molar refractivity (Wildman–Crippen MR) is 49.4 cm³/mol. The molecule has 0 aromatic rings. The van der Waals surface area contributed by atoms with Gasteiger partial charge in [0.1, 0.15) is 0 Å². The Hall–Kier alpha value is -0.350. The molecule has 0 fully saturated rings. The molecule has 12 heavy (non-hydrogen) atoms. The molecule has 0 amide bonds. The molecule has 70 valence electrons. The van der Waals surface area contributed by atoms with Crippen molar-refractivity contribution in [3.05, 3.63) is 12.2 Å². The highest BCUT2D eigenvalue weighted by molar-refractivity contribution is 7.89. The van der Waals surface area contributed by atoms with Gasteiger partial charge in [-0.1, -0.05) is 12.2 Å². The standard InChI is InChI=1S/C8H15NO2S/c1-8(2)12(10,11)9-6-4-3-5-7-9/h3-4,8H,5-7H2,1-2H3. The maximum Gasteiger partial charge on any atom is 0.216 e. The highest BCUT2D eigenvalue weighted by Gasteiger charge is 2.24. The van der Waals surface area contributed by atoms with Gasteiger partial charge in [-0.05, 0) is 20.3 Å². The van der Waals surface area contributed by atoms with Gasteiger partial charge in [-0.2, -0.15) is 4.31 Å². The third-order valence-electron chi connectivity index (χ3n) is 1.98. The van der Waals surface area contributed by atoms with Crippen molar-refractivity contribution in [1.82, 2.24) is 4.31 Å². The molecular weight excluding hydrogens is 174 g/mol. The largest absolute Gasteiger partial charge is 0.216 e. The number of rotatable bonds is 2. The fourth-order valence-corrected chi connectivity index (χ4v) is 2.40. The normalized spacial score (nSPS) is 20.2. The molecular formula is C8H15NO2S. The first-order chi connectivity index (χ1) is 5.55. The van der Waals surface area contributed by atoms with Gasteiger partial charge in [0.25, 0.3) is 0 Å². The molecule has 1 rings (SSSR count). The van der Waals surface area contributed by atoms with Crippen molar-refractivity contribution in [1.29, 1.82) is 0 Å². The van der Waals surface area contributed by atoms with Gasteiger partial charge in [0, 0.05) is 13.1 Å². The van der Waals surface area contributed by atoms with E-state index < -0.39 is 10.0 Å². The van der Waals surface area contributed by atoms with E-state index in [2.05, 4.69) is 0 Å². The molecule has 4 heteroatoms. The average Bonchev–Trinajstić information content (AvgIpc) is 2.06. The number of nitrogens with zero attached hydrogens (tertiary/aromatic N) is 1. The molecule has 0 aromatic heterocycles. The zero-order valence-corrected chi connectivity index (χ0v) is 8.34. The van der Waals surface area contributed by atoms with Gasteiger partial charge in [0.05, 0.1) is 5.25 Å². The smallest absolute Gasteiger partial charge is 0.212 e. The quantitative estimate of drug-likeness (QED) is 0.607. The van der Waals surface area contributed by atoms with Crippen LogP contribution in [0.1, 0.15) is 20.3 Å². The lowest BCUT2D eigenvalue weighted by Gasteiger charge is -2.24. The maximum absolute atomic E-state index is 11.6. The molecule has 0 unspecified atom stereocenters. The minimum absolute atomic E-state index is 0.302. The lowest BCUT2D eigenvalue weighted by atomic mass is 10.3. The lowest BCUT2D eigenvalue weighted by Crippen LogP contribution is -2.38. The highest BCUT2D eigenvalue weighted by atomic mass is 32.2. The van der Waals surface area contributed by atoms with Crippen LogP contribution < -0.4 is 0 Å². The van der Waals surface area contributed by atoms with E-state index in [9.17, 15) is 8.42 Å². The second-order valence-corrected chi connectivity index (χ2v) is 5.70. The Bertz CT molecular complexity index is 267. The first-order valence-electron chi connectivity index (χ1n) is 4.19. The van der Waals surface area contributed by atoms with Crippen molar-refractivity contribution >= 4 is 10.0 Å². The number of hydrogen-bond acceptors (Lipinski definition) is 2. The van der Waals surface area contributed by atoms with E-state index in [1.807, 2.05) is 12.2 Å². The van der Waals surface area contributed by atoms with E-state index in [0.717, 1.165) is 6.42 Å². The Morgan fingerprint density at radius 2 is 2.00 bits per heavy atom. The molecule has 0 saturated carbocycles. The molecule has 0 saturated heterocycles. The van der Waals surface area contributed by atoms with Gasteiger partial charge in [-0.3, -0.25) is 0 Å². The molecule has 0 N–H and O–H groups in total. The van der Waals surface area contributed by atoms with Crippen LogP contribution in [0.4, 0.5) is 0 Å². The monoisotopic (exact) mass is 189 g/mol. The van der Waals surface area contributed by atoms with Gasteiger partial charge >= 0.3 is 0 Å². The minimum atomic E-state index is -3.02. The molecule has 1 aliphatic heterocycles. The zero-order chi connectivity index (χ0) is 9.19. The van der Waals surface area contributed by atoms with Gasteiger partial charge in [0.15, 0.2) is 0 Å². The van der Waals surface area contributed by atoms with Crippen molar-refractivity contribution in [2.45, 2.75) is 25.5 Å². The van der Waals surface area contributed by atoms with E-state index in [4.69, 9.17) is 0 Å². The van der Waals surface area contributed by atoms with Crippen LogP contribution >= 0.6 is 0 Å². The van der Waals surface area contributed by atoms with Gasteiger partial charge < -0.3 is 0 Å². The van der Waals surface area contributed by atoms with Crippen molar-refractivity contribution < 1.29 is 8.42 Å². The van der Waals surface area contributed by atoms with Crippen LogP contribution in [0.3, 0.4) is 0 Å². The summed E-state index contributed by atoms with van der Waals surface area (Å²) in [5.74, 6) is 0. The fourth-order valence-electron chi connectivity index (χ4n) is 1.15. The molecule has 0 bridgehead atoms. The Morgan fingerprint density at radius 3 is 2.42 bits per heavy atom. The predicted octanol–water partition coefficient (Wildman–Crippen LogP) is 0.987. The van der Waals surface area contributed by atoms with Crippen LogP contribution in [0.5, 0.6) is 0 Å². The number of hydrogen-bond donors (Lipinski definition) is 0. The van der Waals surface area contributed by atoms with Crippen LogP contribution in [0, 0.1) is 0 Å². The third kappa shape index (κ3) is 1.87.